The minimum atomic E-state index is -0.154. The molecule has 0 bridgehead atoms. The van der Waals surface area contributed by atoms with Gasteiger partial charge >= 0.3 is 0 Å². The third kappa shape index (κ3) is 4.79. The molecular weight excluding hydrogens is 293 g/mol. The molecule has 1 unspecified atom stereocenters. The van der Waals surface area contributed by atoms with E-state index in [2.05, 4.69) is 11.8 Å². The standard InChI is InChI=1S/C16H14ClNO.ClH/c1-12(18)7-8-13-9-10-16(15(17)11-13)19-14-5-3-2-4-6-14;/h2-6,9-12H,18H2,1H3;1H. The number of hydrogen-bond donors (Lipinski definition) is 1. The van der Waals surface area contributed by atoms with Crippen LogP contribution >= 0.6 is 24.0 Å². The van der Waals surface area contributed by atoms with E-state index in [1.807, 2.05) is 43.3 Å². The number of halogens is 2. The van der Waals surface area contributed by atoms with E-state index in [1.165, 1.54) is 0 Å². The minimum absolute atomic E-state index is 0. The summed E-state index contributed by atoms with van der Waals surface area (Å²) in [7, 11) is 0. The highest BCUT2D eigenvalue weighted by atomic mass is 35.5. The normalized spacial score (nSPS) is 10.8. The second-order valence-electron chi connectivity index (χ2n) is 4.12. The number of nitrogens with two attached hydrogens (primary N) is 1. The Bertz CT molecular complexity index is 615. The molecule has 0 saturated heterocycles. The molecule has 0 aliphatic rings. The third-order valence-corrected chi connectivity index (χ3v) is 2.64. The van der Waals surface area contributed by atoms with Gasteiger partial charge in [-0.1, -0.05) is 41.6 Å². The topological polar surface area (TPSA) is 35.2 Å². The first-order valence-electron chi connectivity index (χ1n) is 5.95. The molecule has 0 radical (unpaired) electrons. The van der Waals surface area contributed by atoms with Gasteiger partial charge in [0.05, 0.1) is 11.1 Å². The number of benzene rings is 2. The number of ether oxygens (including phenoxy) is 1. The van der Waals surface area contributed by atoms with Crippen LogP contribution in [0.5, 0.6) is 11.5 Å². The molecule has 2 aromatic carbocycles. The second kappa shape index (κ2) is 7.81. The molecule has 0 amide bonds. The predicted molar refractivity (Wildman–Crippen MR) is 85.7 cm³/mol. The number of para-hydroxylation sites is 1. The molecule has 2 rings (SSSR count). The molecule has 20 heavy (non-hydrogen) atoms. The van der Waals surface area contributed by atoms with Crippen LogP contribution in [0.1, 0.15) is 12.5 Å². The van der Waals surface area contributed by atoms with Gasteiger partial charge < -0.3 is 10.5 Å². The first-order chi connectivity index (χ1) is 9.15. The van der Waals surface area contributed by atoms with Crippen LogP contribution in [0.25, 0.3) is 0 Å². The zero-order valence-corrected chi connectivity index (χ0v) is 12.5. The van der Waals surface area contributed by atoms with Crippen LogP contribution in [0.3, 0.4) is 0 Å². The smallest absolute Gasteiger partial charge is 0.146 e. The molecule has 2 nitrogen and oxygen atoms in total. The summed E-state index contributed by atoms with van der Waals surface area (Å²) < 4.78 is 5.68. The Morgan fingerprint density at radius 1 is 1.15 bits per heavy atom. The summed E-state index contributed by atoms with van der Waals surface area (Å²) >= 11 is 6.17. The molecule has 104 valence electrons. The SMILES string of the molecule is CC(N)C#Cc1ccc(Oc2ccccc2)c(Cl)c1.Cl. The summed E-state index contributed by atoms with van der Waals surface area (Å²) in [6, 6.07) is 14.8. The second-order valence-corrected chi connectivity index (χ2v) is 4.53. The quantitative estimate of drug-likeness (QED) is 0.842. The lowest BCUT2D eigenvalue weighted by molar-refractivity contribution is 0.483. The van der Waals surface area contributed by atoms with Crippen molar-refractivity contribution in [2.45, 2.75) is 13.0 Å². The molecule has 2 aromatic rings. The van der Waals surface area contributed by atoms with Gasteiger partial charge in [-0.2, -0.15) is 0 Å². The van der Waals surface area contributed by atoms with Gasteiger partial charge in [-0.3, -0.25) is 0 Å². The molecule has 0 aliphatic carbocycles. The van der Waals surface area contributed by atoms with Gasteiger partial charge in [0, 0.05) is 5.56 Å². The van der Waals surface area contributed by atoms with Crippen LogP contribution in [0.4, 0.5) is 0 Å². The summed E-state index contributed by atoms with van der Waals surface area (Å²) in [5.41, 5.74) is 6.40. The van der Waals surface area contributed by atoms with Crippen LogP contribution in [0, 0.1) is 11.8 Å². The molecule has 0 saturated carbocycles. The van der Waals surface area contributed by atoms with Crippen molar-refractivity contribution in [2.75, 3.05) is 0 Å². The summed E-state index contributed by atoms with van der Waals surface area (Å²) in [6.07, 6.45) is 0. The maximum absolute atomic E-state index is 6.17. The van der Waals surface area contributed by atoms with E-state index in [1.54, 1.807) is 12.1 Å². The largest absolute Gasteiger partial charge is 0.456 e. The zero-order chi connectivity index (χ0) is 13.7. The molecular formula is C16H15Cl2NO. The lowest BCUT2D eigenvalue weighted by atomic mass is 10.2. The van der Waals surface area contributed by atoms with E-state index < -0.39 is 0 Å². The monoisotopic (exact) mass is 307 g/mol. The maximum Gasteiger partial charge on any atom is 0.146 e. The number of rotatable bonds is 2. The highest BCUT2D eigenvalue weighted by Gasteiger charge is 2.03. The van der Waals surface area contributed by atoms with Crippen molar-refractivity contribution in [1.29, 1.82) is 0 Å². The van der Waals surface area contributed by atoms with Crippen molar-refractivity contribution in [1.82, 2.24) is 0 Å². The molecule has 0 heterocycles. The van der Waals surface area contributed by atoms with E-state index in [0.29, 0.717) is 10.8 Å². The van der Waals surface area contributed by atoms with E-state index in [-0.39, 0.29) is 18.4 Å². The van der Waals surface area contributed by atoms with E-state index in [0.717, 1.165) is 11.3 Å². The highest BCUT2D eigenvalue weighted by molar-refractivity contribution is 6.32. The van der Waals surface area contributed by atoms with Crippen LogP contribution in [0.2, 0.25) is 5.02 Å². The van der Waals surface area contributed by atoms with Crippen molar-refractivity contribution in [2.24, 2.45) is 5.73 Å². The first-order valence-corrected chi connectivity index (χ1v) is 6.32. The van der Waals surface area contributed by atoms with Gasteiger partial charge in [-0.05, 0) is 37.3 Å². The van der Waals surface area contributed by atoms with Crippen LogP contribution in [-0.2, 0) is 0 Å². The molecule has 1 atom stereocenters. The Hall–Kier alpha value is -1.66. The summed E-state index contributed by atoms with van der Waals surface area (Å²) in [6.45, 7) is 1.83. The molecule has 4 heteroatoms. The molecule has 0 spiro atoms. The van der Waals surface area contributed by atoms with Gasteiger partial charge in [0.2, 0.25) is 0 Å². The first kappa shape index (κ1) is 16.4. The Morgan fingerprint density at radius 3 is 2.45 bits per heavy atom. The summed E-state index contributed by atoms with van der Waals surface area (Å²) in [5.74, 6) is 7.21. The predicted octanol–water partition coefficient (Wildman–Crippen LogP) is 4.25. The van der Waals surface area contributed by atoms with E-state index in [4.69, 9.17) is 22.1 Å². The van der Waals surface area contributed by atoms with Gasteiger partial charge in [0.1, 0.15) is 11.5 Å². The third-order valence-electron chi connectivity index (χ3n) is 2.35. The molecule has 0 aliphatic heterocycles. The average Bonchev–Trinajstić information content (AvgIpc) is 2.40. The lowest BCUT2D eigenvalue weighted by Crippen LogP contribution is -2.10. The van der Waals surface area contributed by atoms with Crippen molar-refractivity contribution in [3.05, 3.63) is 59.1 Å². The summed E-state index contributed by atoms with van der Waals surface area (Å²) in [5, 5.41) is 0.528. The van der Waals surface area contributed by atoms with E-state index >= 15 is 0 Å². The van der Waals surface area contributed by atoms with Crippen LogP contribution in [0.15, 0.2) is 48.5 Å². The number of hydrogen-bond acceptors (Lipinski definition) is 2. The maximum atomic E-state index is 6.17. The molecule has 0 aromatic heterocycles. The van der Waals surface area contributed by atoms with Crippen molar-refractivity contribution in [3.63, 3.8) is 0 Å². The average molecular weight is 308 g/mol. The van der Waals surface area contributed by atoms with Gasteiger partial charge in [0.15, 0.2) is 0 Å². The lowest BCUT2D eigenvalue weighted by Gasteiger charge is -2.07. The minimum Gasteiger partial charge on any atom is -0.456 e. The fourth-order valence-corrected chi connectivity index (χ4v) is 1.69. The van der Waals surface area contributed by atoms with Gasteiger partial charge in [0.25, 0.3) is 0 Å². The van der Waals surface area contributed by atoms with Crippen molar-refractivity contribution in [3.8, 4) is 23.3 Å². The van der Waals surface area contributed by atoms with Gasteiger partial charge in [-0.25, -0.2) is 0 Å². The fourth-order valence-electron chi connectivity index (χ4n) is 1.47. The Kier molecular flexibility index (Phi) is 6.41. The Labute approximate surface area is 130 Å². The zero-order valence-electron chi connectivity index (χ0n) is 11.0. The van der Waals surface area contributed by atoms with Crippen molar-refractivity contribution < 1.29 is 4.74 Å². The fraction of sp³-hybridized carbons (Fsp3) is 0.125. The Balaban J connectivity index is 0.00000200. The highest BCUT2D eigenvalue weighted by Crippen LogP contribution is 2.29. The molecule has 2 N–H and O–H groups in total. The van der Waals surface area contributed by atoms with E-state index in [9.17, 15) is 0 Å². The Morgan fingerprint density at radius 2 is 1.85 bits per heavy atom. The van der Waals surface area contributed by atoms with Crippen LogP contribution in [-0.4, -0.2) is 6.04 Å². The summed E-state index contributed by atoms with van der Waals surface area (Å²) in [4.78, 5) is 0. The molecule has 0 fully saturated rings. The van der Waals surface area contributed by atoms with Crippen molar-refractivity contribution >= 4 is 24.0 Å². The van der Waals surface area contributed by atoms with Gasteiger partial charge in [-0.15, -0.1) is 12.4 Å². The van der Waals surface area contributed by atoms with Crippen LogP contribution < -0.4 is 10.5 Å².